The number of likely N-dealkylation sites (N-methyl/N-ethyl adjacent to an activating group) is 1. The van der Waals surface area contributed by atoms with E-state index in [0.717, 1.165) is 42.7 Å². The summed E-state index contributed by atoms with van der Waals surface area (Å²) in [6.45, 7) is 5.66. The van der Waals surface area contributed by atoms with Gasteiger partial charge in [-0.25, -0.2) is 0 Å². The number of carbonyl (C=O) groups is 1. The number of hydrogen-bond donors (Lipinski definition) is 3. The van der Waals surface area contributed by atoms with Crippen molar-refractivity contribution in [3.63, 3.8) is 0 Å². The average Bonchev–Trinajstić information content (AvgIpc) is 2.60. The van der Waals surface area contributed by atoms with Crippen molar-refractivity contribution in [2.75, 3.05) is 45.2 Å². The van der Waals surface area contributed by atoms with Gasteiger partial charge in [0.25, 0.3) is 0 Å². The Morgan fingerprint density at radius 3 is 2.31 bits per heavy atom. The van der Waals surface area contributed by atoms with Crippen molar-refractivity contribution in [3.8, 4) is 0 Å². The van der Waals surface area contributed by atoms with E-state index in [2.05, 4.69) is 5.32 Å². The van der Waals surface area contributed by atoms with Crippen molar-refractivity contribution in [3.05, 3.63) is 29.3 Å². The molecule has 1 unspecified atom stereocenters. The topological polar surface area (TPSA) is 76.0 Å². The number of rotatable bonds is 7. The predicted molar refractivity (Wildman–Crippen MR) is 105 cm³/mol. The molecule has 26 heavy (non-hydrogen) atoms. The van der Waals surface area contributed by atoms with E-state index in [1.807, 2.05) is 51.0 Å². The minimum atomic E-state index is -0.760. The Bertz CT molecular complexity index is 592. The van der Waals surface area contributed by atoms with Crippen molar-refractivity contribution < 1.29 is 15.0 Å². The molecule has 0 bridgehead atoms. The molecule has 1 aromatic carbocycles. The third-order valence-electron chi connectivity index (χ3n) is 5.50. The van der Waals surface area contributed by atoms with E-state index in [1.165, 1.54) is 0 Å². The van der Waals surface area contributed by atoms with E-state index in [0.29, 0.717) is 0 Å². The van der Waals surface area contributed by atoms with E-state index in [1.54, 1.807) is 4.90 Å². The highest BCUT2D eigenvalue weighted by atomic mass is 16.3. The SMILES string of the molecule is Cc1cccc(C)c1N(CC(O)CCO)C(=O)C1(N(C)C)CCNCC1. The molecule has 1 atom stereocenters. The van der Waals surface area contributed by atoms with Gasteiger partial charge in [0.1, 0.15) is 5.54 Å². The number of aliphatic hydroxyl groups is 2. The van der Waals surface area contributed by atoms with Gasteiger partial charge in [0.05, 0.1) is 12.6 Å². The van der Waals surface area contributed by atoms with Gasteiger partial charge >= 0.3 is 0 Å². The number of aliphatic hydroxyl groups excluding tert-OH is 2. The number of anilines is 1. The Labute approximate surface area is 156 Å². The van der Waals surface area contributed by atoms with Crippen LogP contribution in [0.1, 0.15) is 30.4 Å². The zero-order valence-electron chi connectivity index (χ0n) is 16.5. The Hall–Kier alpha value is -1.47. The first-order valence-corrected chi connectivity index (χ1v) is 9.38. The van der Waals surface area contributed by atoms with Crippen LogP contribution in [0, 0.1) is 13.8 Å². The fourth-order valence-electron chi connectivity index (χ4n) is 3.90. The fraction of sp³-hybridized carbons (Fsp3) is 0.650. The second-order valence-electron chi connectivity index (χ2n) is 7.50. The molecule has 146 valence electrons. The van der Waals surface area contributed by atoms with Gasteiger partial charge in [0.2, 0.25) is 5.91 Å². The highest BCUT2D eigenvalue weighted by molar-refractivity contribution is 6.01. The molecule has 3 N–H and O–H groups in total. The number of piperidine rings is 1. The molecule has 1 saturated heterocycles. The molecule has 0 saturated carbocycles. The van der Waals surface area contributed by atoms with Crippen LogP contribution in [-0.4, -0.2) is 73.0 Å². The molecule has 6 heteroatoms. The summed E-state index contributed by atoms with van der Waals surface area (Å²) in [4.78, 5) is 17.6. The lowest BCUT2D eigenvalue weighted by Crippen LogP contribution is -2.62. The van der Waals surface area contributed by atoms with Crippen LogP contribution >= 0.6 is 0 Å². The van der Waals surface area contributed by atoms with Crippen LogP contribution in [0.2, 0.25) is 0 Å². The van der Waals surface area contributed by atoms with Crippen LogP contribution in [-0.2, 0) is 4.79 Å². The maximum Gasteiger partial charge on any atom is 0.247 e. The Kier molecular flexibility index (Phi) is 7.17. The number of hydrogen-bond acceptors (Lipinski definition) is 5. The van der Waals surface area contributed by atoms with Crippen molar-refractivity contribution in [2.45, 2.75) is 44.8 Å². The summed E-state index contributed by atoms with van der Waals surface area (Å²) in [5.41, 5.74) is 2.31. The van der Waals surface area contributed by atoms with Gasteiger partial charge in [-0.1, -0.05) is 18.2 Å². The van der Waals surface area contributed by atoms with Crippen LogP contribution in [0.25, 0.3) is 0 Å². The molecular weight excluding hydrogens is 330 g/mol. The van der Waals surface area contributed by atoms with Crippen molar-refractivity contribution in [1.29, 1.82) is 0 Å². The van der Waals surface area contributed by atoms with Gasteiger partial charge in [-0.3, -0.25) is 9.69 Å². The molecule has 0 spiro atoms. The Morgan fingerprint density at radius 1 is 1.23 bits per heavy atom. The Morgan fingerprint density at radius 2 is 1.81 bits per heavy atom. The van der Waals surface area contributed by atoms with Gasteiger partial charge in [0.15, 0.2) is 0 Å². The summed E-state index contributed by atoms with van der Waals surface area (Å²) in [5.74, 6) is 0.0263. The lowest BCUT2D eigenvalue weighted by Gasteiger charge is -2.45. The normalized spacial score (nSPS) is 18.0. The van der Waals surface area contributed by atoms with E-state index in [4.69, 9.17) is 0 Å². The summed E-state index contributed by atoms with van der Waals surface area (Å²) in [6.07, 6.45) is 0.960. The molecule has 1 aromatic rings. The standard InChI is InChI=1S/C20H33N3O3/c1-15-6-5-7-16(2)18(15)23(14-17(25)8-13-24)19(26)20(22(3)4)9-11-21-12-10-20/h5-7,17,21,24-25H,8-14H2,1-4H3. The molecule has 1 aliphatic rings. The van der Waals surface area contributed by atoms with Crippen LogP contribution < -0.4 is 10.2 Å². The van der Waals surface area contributed by atoms with Crippen molar-refractivity contribution in [1.82, 2.24) is 10.2 Å². The molecular formula is C20H33N3O3. The molecule has 0 aromatic heterocycles. The number of nitrogens with one attached hydrogen (secondary N) is 1. The zero-order chi connectivity index (χ0) is 19.3. The number of nitrogens with zero attached hydrogens (tertiary/aromatic N) is 2. The summed E-state index contributed by atoms with van der Waals surface area (Å²) >= 11 is 0. The van der Waals surface area contributed by atoms with Gasteiger partial charge in [0, 0.05) is 12.3 Å². The number of benzene rings is 1. The molecule has 6 nitrogen and oxygen atoms in total. The maximum absolute atomic E-state index is 13.8. The fourth-order valence-corrected chi connectivity index (χ4v) is 3.90. The predicted octanol–water partition coefficient (Wildman–Crippen LogP) is 1.06. The first kappa shape index (κ1) is 20.8. The zero-order valence-corrected chi connectivity index (χ0v) is 16.5. The molecule has 2 rings (SSSR count). The third kappa shape index (κ3) is 4.26. The largest absolute Gasteiger partial charge is 0.396 e. The second-order valence-corrected chi connectivity index (χ2v) is 7.50. The van der Waals surface area contributed by atoms with Crippen LogP contribution in [0.4, 0.5) is 5.69 Å². The molecule has 0 aliphatic carbocycles. The average molecular weight is 364 g/mol. The minimum Gasteiger partial charge on any atom is -0.396 e. The van der Waals surface area contributed by atoms with Gasteiger partial charge in [-0.05, 0) is 71.4 Å². The molecule has 0 radical (unpaired) electrons. The lowest BCUT2D eigenvalue weighted by atomic mass is 9.85. The molecule has 1 amide bonds. The van der Waals surface area contributed by atoms with Crippen LogP contribution in [0.15, 0.2) is 18.2 Å². The first-order valence-electron chi connectivity index (χ1n) is 9.38. The maximum atomic E-state index is 13.8. The quantitative estimate of drug-likeness (QED) is 0.675. The highest BCUT2D eigenvalue weighted by Crippen LogP contribution is 2.32. The van der Waals surface area contributed by atoms with E-state index < -0.39 is 11.6 Å². The van der Waals surface area contributed by atoms with E-state index in [9.17, 15) is 15.0 Å². The van der Waals surface area contributed by atoms with Crippen LogP contribution in [0.3, 0.4) is 0 Å². The molecule has 1 aliphatic heterocycles. The summed E-state index contributed by atoms with van der Waals surface area (Å²) in [7, 11) is 3.91. The van der Waals surface area contributed by atoms with Gasteiger partial charge in [-0.2, -0.15) is 0 Å². The van der Waals surface area contributed by atoms with Crippen molar-refractivity contribution >= 4 is 11.6 Å². The van der Waals surface area contributed by atoms with E-state index >= 15 is 0 Å². The number of amides is 1. The summed E-state index contributed by atoms with van der Waals surface area (Å²) in [5, 5.41) is 22.9. The third-order valence-corrected chi connectivity index (χ3v) is 5.50. The monoisotopic (exact) mass is 363 g/mol. The van der Waals surface area contributed by atoms with Crippen LogP contribution in [0.5, 0.6) is 0 Å². The summed E-state index contributed by atoms with van der Waals surface area (Å²) in [6, 6.07) is 5.96. The minimum absolute atomic E-state index is 0.0263. The second kappa shape index (κ2) is 8.95. The lowest BCUT2D eigenvalue weighted by molar-refractivity contribution is -0.131. The molecule has 1 heterocycles. The number of carbonyl (C=O) groups excluding carboxylic acids is 1. The molecule has 1 fully saturated rings. The van der Waals surface area contributed by atoms with Crippen molar-refractivity contribution in [2.24, 2.45) is 0 Å². The number of aryl methyl sites for hydroxylation is 2. The first-order chi connectivity index (χ1) is 12.3. The van der Waals surface area contributed by atoms with Gasteiger partial charge in [-0.15, -0.1) is 0 Å². The highest BCUT2D eigenvalue weighted by Gasteiger charge is 2.45. The number of para-hydroxylation sites is 1. The summed E-state index contributed by atoms with van der Waals surface area (Å²) < 4.78 is 0. The Balaban J connectivity index is 2.47. The van der Waals surface area contributed by atoms with E-state index in [-0.39, 0.29) is 25.5 Å². The van der Waals surface area contributed by atoms with Gasteiger partial charge < -0.3 is 20.4 Å². The smallest absolute Gasteiger partial charge is 0.247 e.